The number of hydrazone groups is 1. The van der Waals surface area contributed by atoms with Gasteiger partial charge in [0.1, 0.15) is 5.75 Å². The lowest BCUT2D eigenvalue weighted by Gasteiger charge is -2.11. The number of ether oxygens (including phenoxy) is 1. The molecule has 3 aromatic carbocycles. The minimum Gasteiger partial charge on any atom is -0.422 e. The highest BCUT2D eigenvalue weighted by molar-refractivity contribution is 6.40. The SMILES string of the molecule is C/C(=N\NC(=O)C(=O)Nc1ccc(C)c(Cl)c1)c1ccccc1OC(=O)c1ccccc1C. The lowest BCUT2D eigenvalue weighted by atomic mass is 10.1. The van der Waals surface area contributed by atoms with Crippen LogP contribution in [0.25, 0.3) is 0 Å². The van der Waals surface area contributed by atoms with E-state index in [4.69, 9.17) is 16.3 Å². The molecule has 2 N–H and O–H groups in total. The second-order valence-electron chi connectivity index (χ2n) is 7.26. The van der Waals surface area contributed by atoms with E-state index in [-0.39, 0.29) is 5.75 Å². The average molecular weight is 464 g/mol. The Hall–Kier alpha value is -3.97. The third kappa shape index (κ3) is 6.05. The van der Waals surface area contributed by atoms with Crippen LogP contribution >= 0.6 is 11.6 Å². The Morgan fingerprint density at radius 2 is 1.52 bits per heavy atom. The van der Waals surface area contributed by atoms with Gasteiger partial charge >= 0.3 is 17.8 Å². The van der Waals surface area contributed by atoms with Gasteiger partial charge in [0.05, 0.1) is 11.3 Å². The molecule has 2 amide bonds. The van der Waals surface area contributed by atoms with E-state index in [1.54, 1.807) is 61.5 Å². The number of esters is 1. The Bertz CT molecular complexity index is 1250. The van der Waals surface area contributed by atoms with Gasteiger partial charge in [-0.05, 0) is 62.2 Å². The van der Waals surface area contributed by atoms with Crippen LogP contribution in [0.4, 0.5) is 5.69 Å². The first-order valence-electron chi connectivity index (χ1n) is 10.0. The molecule has 33 heavy (non-hydrogen) atoms. The molecule has 7 nitrogen and oxygen atoms in total. The lowest BCUT2D eigenvalue weighted by molar-refractivity contribution is -0.136. The van der Waals surface area contributed by atoms with Crippen LogP contribution in [-0.4, -0.2) is 23.5 Å². The lowest BCUT2D eigenvalue weighted by Crippen LogP contribution is -2.33. The van der Waals surface area contributed by atoms with Crippen LogP contribution in [0, 0.1) is 13.8 Å². The molecular formula is C25H22ClN3O4. The number of aryl methyl sites for hydroxylation is 2. The summed E-state index contributed by atoms with van der Waals surface area (Å²) in [5, 5.41) is 6.92. The van der Waals surface area contributed by atoms with Crippen molar-refractivity contribution in [2.45, 2.75) is 20.8 Å². The van der Waals surface area contributed by atoms with E-state index in [9.17, 15) is 14.4 Å². The monoisotopic (exact) mass is 463 g/mol. The van der Waals surface area contributed by atoms with Gasteiger partial charge < -0.3 is 10.1 Å². The van der Waals surface area contributed by atoms with Crippen molar-refractivity contribution in [1.29, 1.82) is 0 Å². The number of hydrogen-bond donors (Lipinski definition) is 2. The van der Waals surface area contributed by atoms with Gasteiger partial charge in [-0.3, -0.25) is 9.59 Å². The maximum Gasteiger partial charge on any atom is 0.343 e. The summed E-state index contributed by atoms with van der Waals surface area (Å²) in [4.78, 5) is 36.9. The number of anilines is 1. The number of nitrogens with zero attached hydrogens (tertiary/aromatic N) is 1. The molecule has 0 aliphatic heterocycles. The predicted octanol–water partition coefficient (Wildman–Crippen LogP) is 4.65. The van der Waals surface area contributed by atoms with E-state index in [1.807, 2.05) is 26.0 Å². The Kier molecular flexibility index (Phi) is 7.58. The maximum atomic E-state index is 12.6. The number of carbonyl (C=O) groups is 3. The van der Waals surface area contributed by atoms with E-state index in [0.717, 1.165) is 11.1 Å². The fraction of sp³-hybridized carbons (Fsp3) is 0.120. The summed E-state index contributed by atoms with van der Waals surface area (Å²) in [5.41, 5.74) is 5.53. The summed E-state index contributed by atoms with van der Waals surface area (Å²) < 4.78 is 5.56. The molecule has 3 aromatic rings. The number of carbonyl (C=O) groups excluding carboxylic acids is 3. The van der Waals surface area contributed by atoms with Crippen molar-refractivity contribution in [1.82, 2.24) is 5.43 Å². The number of nitrogens with one attached hydrogen (secondary N) is 2. The molecular weight excluding hydrogens is 442 g/mol. The number of halogens is 1. The first-order valence-corrected chi connectivity index (χ1v) is 10.4. The molecule has 0 aliphatic carbocycles. The van der Waals surface area contributed by atoms with Gasteiger partial charge in [-0.25, -0.2) is 10.2 Å². The first kappa shape index (κ1) is 23.7. The molecule has 0 aromatic heterocycles. The third-order valence-corrected chi connectivity index (χ3v) is 5.21. The van der Waals surface area contributed by atoms with Gasteiger partial charge in [0, 0.05) is 16.3 Å². The van der Waals surface area contributed by atoms with E-state index < -0.39 is 17.8 Å². The molecule has 0 saturated carbocycles. The number of amides is 2. The van der Waals surface area contributed by atoms with E-state index in [0.29, 0.717) is 27.5 Å². The highest BCUT2D eigenvalue weighted by Gasteiger charge is 2.16. The zero-order chi connectivity index (χ0) is 24.0. The zero-order valence-electron chi connectivity index (χ0n) is 18.3. The smallest absolute Gasteiger partial charge is 0.343 e. The molecule has 0 radical (unpaired) electrons. The molecule has 168 valence electrons. The number of rotatable bonds is 5. The molecule has 0 bridgehead atoms. The number of benzene rings is 3. The molecule has 8 heteroatoms. The van der Waals surface area contributed by atoms with Gasteiger partial charge in [-0.15, -0.1) is 0 Å². The molecule has 0 heterocycles. The Morgan fingerprint density at radius 1 is 0.848 bits per heavy atom. The molecule has 0 fully saturated rings. The van der Waals surface area contributed by atoms with Gasteiger partial charge in [0.15, 0.2) is 0 Å². The maximum absolute atomic E-state index is 12.6. The fourth-order valence-electron chi connectivity index (χ4n) is 2.92. The van der Waals surface area contributed by atoms with Crippen LogP contribution in [-0.2, 0) is 9.59 Å². The van der Waals surface area contributed by atoms with Crippen LogP contribution in [0.15, 0.2) is 71.8 Å². The molecule has 0 spiro atoms. The van der Waals surface area contributed by atoms with Gasteiger partial charge in [0.25, 0.3) is 0 Å². The van der Waals surface area contributed by atoms with Crippen LogP contribution in [0.3, 0.4) is 0 Å². The summed E-state index contributed by atoms with van der Waals surface area (Å²) in [6.45, 7) is 5.27. The minimum absolute atomic E-state index is 0.278. The van der Waals surface area contributed by atoms with Crippen molar-refractivity contribution in [3.05, 3.63) is 94.0 Å². The minimum atomic E-state index is -0.958. The highest BCUT2D eigenvalue weighted by Crippen LogP contribution is 2.22. The fourth-order valence-corrected chi connectivity index (χ4v) is 3.10. The summed E-state index contributed by atoms with van der Waals surface area (Å²) in [7, 11) is 0. The molecule has 3 rings (SSSR count). The van der Waals surface area contributed by atoms with Crippen LogP contribution in [0.2, 0.25) is 5.02 Å². The van der Waals surface area contributed by atoms with Crippen LogP contribution in [0.1, 0.15) is 34.0 Å². The second-order valence-corrected chi connectivity index (χ2v) is 7.66. The predicted molar refractivity (Wildman–Crippen MR) is 128 cm³/mol. The summed E-state index contributed by atoms with van der Waals surface area (Å²) in [6.07, 6.45) is 0. The van der Waals surface area contributed by atoms with Crippen LogP contribution < -0.4 is 15.5 Å². The van der Waals surface area contributed by atoms with Crippen molar-refractivity contribution in [2.24, 2.45) is 5.10 Å². The Morgan fingerprint density at radius 3 is 2.21 bits per heavy atom. The summed E-state index contributed by atoms with van der Waals surface area (Å²) >= 11 is 6.04. The van der Waals surface area contributed by atoms with Gasteiger partial charge in [0.2, 0.25) is 0 Å². The first-order chi connectivity index (χ1) is 15.8. The topological polar surface area (TPSA) is 96.9 Å². The molecule has 0 unspecified atom stereocenters. The normalized spacial score (nSPS) is 11.0. The van der Waals surface area contributed by atoms with Crippen molar-refractivity contribution >= 4 is 40.8 Å². The molecule has 0 saturated heterocycles. The van der Waals surface area contributed by atoms with Crippen molar-refractivity contribution in [2.75, 3.05) is 5.32 Å². The Labute approximate surface area is 196 Å². The van der Waals surface area contributed by atoms with Crippen molar-refractivity contribution in [3.8, 4) is 5.75 Å². The van der Waals surface area contributed by atoms with Crippen molar-refractivity contribution < 1.29 is 19.1 Å². The Balaban J connectivity index is 1.69. The van der Waals surface area contributed by atoms with E-state index in [2.05, 4.69) is 15.8 Å². The number of hydrogen-bond acceptors (Lipinski definition) is 5. The average Bonchev–Trinajstić information content (AvgIpc) is 2.80. The highest BCUT2D eigenvalue weighted by atomic mass is 35.5. The molecule has 0 aliphatic rings. The third-order valence-electron chi connectivity index (χ3n) is 4.81. The summed E-state index contributed by atoms with van der Waals surface area (Å²) in [5.74, 6) is -2.08. The van der Waals surface area contributed by atoms with Gasteiger partial charge in [-0.2, -0.15) is 5.10 Å². The summed E-state index contributed by atoms with van der Waals surface area (Å²) in [6, 6.07) is 18.8. The second kappa shape index (κ2) is 10.6. The largest absolute Gasteiger partial charge is 0.422 e. The number of para-hydroxylation sites is 1. The standard InChI is InChI=1S/C25H22ClN3O4/c1-15-8-4-5-9-19(15)25(32)33-22-11-7-6-10-20(22)17(3)28-29-24(31)23(30)27-18-13-12-16(2)21(26)14-18/h4-14H,1-3H3,(H,27,30)(H,29,31)/b28-17+. The molecule has 0 atom stereocenters. The quantitative estimate of drug-likeness (QED) is 0.189. The van der Waals surface area contributed by atoms with Crippen molar-refractivity contribution in [3.63, 3.8) is 0 Å². The van der Waals surface area contributed by atoms with E-state index in [1.165, 1.54) is 0 Å². The van der Waals surface area contributed by atoms with Gasteiger partial charge in [-0.1, -0.05) is 48.0 Å². The van der Waals surface area contributed by atoms with E-state index >= 15 is 0 Å². The van der Waals surface area contributed by atoms with Crippen LogP contribution in [0.5, 0.6) is 5.75 Å². The zero-order valence-corrected chi connectivity index (χ0v) is 19.1.